The lowest BCUT2D eigenvalue weighted by Crippen LogP contribution is -2.53. The van der Waals surface area contributed by atoms with Crippen molar-refractivity contribution in [3.8, 4) is 0 Å². The van der Waals surface area contributed by atoms with Crippen LogP contribution < -0.4 is 5.32 Å². The van der Waals surface area contributed by atoms with E-state index in [4.69, 9.17) is 0 Å². The maximum Gasteiger partial charge on any atom is 0.237 e. The van der Waals surface area contributed by atoms with Crippen molar-refractivity contribution in [1.82, 2.24) is 15.1 Å². The minimum absolute atomic E-state index is 0.0618. The number of carbonyl (C=O) groups is 2. The summed E-state index contributed by atoms with van der Waals surface area (Å²) >= 11 is 0. The third-order valence-corrected chi connectivity index (χ3v) is 5.66. The number of carbonyl (C=O) groups excluding carboxylic acids is 2. The monoisotopic (exact) mass is 435 g/mol. The topological polar surface area (TPSA) is 52.7 Å². The van der Waals surface area contributed by atoms with Crippen molar-refractivity contribution >= 4 is 11.8 Å². The summed E-state index contributed by atoms with van der Waals surface area (Å²) in [6, 6.07) is 13.9. The van der Waals surface area contributed by atoms with Crippen molar-refractivity contribution in [2.45, 2.75) is 25.4 Å². The minimum Gasteiger partial charge on any atom is -0.354 e. The van der Waals surface area contributed by atoms with Crippen LogP contribution in [0.15, 0.2) is 73.8 Å². The maximum atomic E-state index is 13.1. The number of benzene rings is 2. The summed E-state index contributed by atoms with van der Waals surface area (Å²) in [5.74, 6) is -0.442. The van der Waals surface area contributed by atoms with Gasteiger partial charge in [-0.1, -0.05) is 48.6 Å². The van der Waals surface area contributed by atoms with E-state index in [0.29, 0.717) is 39.0 Å². The van der Waals surface area contributed by atoms with Gasteiger partial charge in [-0.3, -0.25) is 14.5 Å². The Morgan fingerprint density at radius 2 is 1.72 bits per heavy atom. The first-order valence-electron chi connectivity index (χ1n) is 10.8. The third kappa shape index (κ3) is 6.14. The molecule has 1 aliphatic rings. The maximum absolute atomic E-state index is 13.1. The smallest absolute Gasteiger partial charge is 0.237 e. The number of halogens is 1. The Labute approximate surface area is 189 Å². The molecule has 0 saturated carbocycles. The second-order valence-electron chi connectivity index (χ2n) is 7.94. The quantitative estimate of drug-likeness (QED) is 0.584. The zero-order valence-corrected chi connectivity index (χ0v) is 18.3. The first-order valence-corrected chi connectivity index (χ1v) is 10.8. The van der Waals surface area contributed by atoms with E-state index >= 15 is 0 Å². The van der Waals surface area contributed by atoms with Gasteiger partial charge < -0.3 is 10.2 Å². The molecular weight excluding hydrogens is 405 g/mol. The standard InChI is InChI=1S/C26H30FN3O2/c1-3-15-29(16-4-2)25(31)19-30-18-22-8-6-5-7-21(22)17-24(30)26(32)28-14-13-20-9-11-23(27)12-10-20/h3-12,24H,1-2,13-19H2,(H,28,32). The molecule has 0 bridgehead atoms. The summed E-state index contributed by atoms with van der Waals surface area (Å²) < 4.78 is 13.1. The van der Waals surface area contributed by atoms with Crippen LogP contribution in [0.3, 0.4) is 0 Å². The third-order valence-electron chi connectivity index (χ3n) is 5.66. The number of nitrogens with zero attached hydrogens (tertiary/aromatic N) is 2. The summed E-state index contributed by atoms with van der Waals surface area (Å²) in [5, 5.41) is 3.00. The molecule has 2 aromatic rings. The van der Waals surface area contributed by atoms with E-state index in [2.05, 4.69) is 18.5 Å². The second kappa shape index (κ2) is 11.4. The Kier molecular flexibility index (Phi) is 8.34. The SMILES string of the molecule is C=CCN(CC=C)C(=O)CN1Cc2ccccc2CC1C(=O)NCCc1ccc(F)cc1. The highest BCUT2D eigenvalue weighted by molar-refractivity contribution is 5.84. The molecule has 0 aliphatic carbocycles. The Morgan fingerprint density at radius 3 is 2.38 bits per heavy atom. The van der Waals surface area contributed by atoms with E-state index in [1.54, 1.807) is 29.2 Å². The van der Waals surface area contributed by atoms with E-state index in [-0.39, 0.29) is 24.2 Å². The summed E-state index contributed by atoms with van der Waals surface area (Å²) in [6.45, 7) is 9.44. The predicted octanol–water partition coefficient (Wildman–Crippen LogP) is 3.11. The first-order chi connectivity index (χ1) is 15.5. The number of hydrogen-bond acceptors (Lipinski definition) is 3. The van der Waals surface area contributed by atoms with Gasteiger partial charge in [0.25, 0.3) is 0 Å². The number of amides is 2. The van der Waals surface area contributed by atoms with Gasteiger partial charge in [0.1, 0.15) is 5.82 Å². The number of nitrogens with one attached hydrogen (secondary N) is 1. The number of fused-ring (bicyclic) bond motifs is 1. The Bertz CT molecular complexity index is 948. The summed E-state index contributed by atoms with van der Waals surface area (Å²) in [5.41, 5.74) is 3.22. The number of rotatable bonds is 10. The van der Waals surface area contributed by atoms with Crippen LogP contribution in [0.5, 0.6) is 0 Å². The van der Waals surface area contributed by atoms with E-state index in [0.717, 1.165) is 16.7 Å². The molecule has 6 heteroatoms. The zero-order chi connectivity index (χ0) is 22.9. The highest BCUT2D eigenvalue weighted by Crippen LogP contribution is 2.23. The lowest BCUT2D eigenvalue weighted by Gasteiger charge is -2.36. The van der Waals surface area contributed by atoms with Gasteiger partial charge in [-0.25, -0.2) is 4.39 Å². The molecule has 1 unspecified atom stereocenters. The van der Waals surface area contributed by atoms with E-state index in [9.17, 15) is 14.0 Å². The molecule has 0 saturated heterocycles. The second-order valence-corrected chi connectivity index (χ2v) is 7.94. The van der Waals surface area contributed by atoms with Gasteiger partial charge in [0.15, 0.2) is 0 Å². The van der Waals surface area contributed by atoms with Crippen LogP contribution in [0.4, 0.5) is 4.39 Å². The molecule has 0 fully saturated rings. The lowest BCUT2D eigenvalue weighted by atomic mass is 9.93. The average molecular weight is 436 g/mol. The van der Waals surface area contributed by atoms with Gasteiger partial charge in [-0.2, -0.15) is 0 Å². The molecule has 0 aromatic heterocycles. The molecule has 1 heterocycles. The molecule has 2 aromatic carbocycles. The van der Waals surface area contributed by atoms with Crippen LogP contribution in [0.25, 0.3) is 0 Å². The summed E-state index contributed by atoms with van der Waals surface area (Å²) in [6.07, 6.45) is 4.54. The zero-order valence-electron chi connectivity index (χ0n) is 18.3. The molecule has 1 N–H and O–H groups in total. The molecule has 0 radical (unpaired) electrons. The number of hydrogen-bond donors (Lipinski definition) is 1. The molecule has 1 atom stereocenters. The highest BCUT2D eigenvalue weighted by atomic mass is 19.1. The molecule has 2 amide bonds. The average Bonchev–Trinajstić information content (AvgIpc) is 2.79. The van der Waals surface area contributed by atoms with Crippen molar-refractivity contribution in [2.75, 3.05) is 26.2 Å². The highest BCUT2D eigenvalue weighted by Gasteiger charge is 2.33. The van der Waals surface area contributed by atoms with Crippen molar-refractivity contribution in [3.63, 3.8) is 0 Å². The molecule has 32 heavy (non-hydrogen) atoms. The van der Waals surface area contributed by atoms with E-state index in [1.165, 1.54) is 12.1 Å². The van der Waals surface area contributed by atoms with Crippen LogP contribution in [0.2, 0.25) is 0 Å². The van der Waals surface area contributed by atoms with Crippen LogP contribution in [0.1, 0.15) is 16.7 Å². The summed E-state index contributed by atoms with van der Waals surface area (Å²) in [4.78, 5) is 29.6. The minimum atomic E-state index is -0.434. The van der Waals surface area contributed by atoms with Gasteiger partial charge in [0.05, 0.1) is 12.6 Å². The van der Waals surface area contributed by atoms with Crippen LogP contribution >= 0.6 is 0 Å². The molecule has 0 spiro atoms. The first kappa shape index (κ1) is 23.4. The molecular formula is C26H30FN3O2. The lowest BCUT2D eigenvalue weighted by molar-refractivity contribution is -0.134. The van der Waals surface area contributed by atoms with E-state index in [1.807, 2.05) is 29.2 Å². The Balaban J connectivity index is 1.68. The Hall–Kier alpha value is -3.25. The van der Waals surface area contributed by atoms with Gasteiger partial charge in [-0.05, 0) is 41.7 Å². The fraction of sp³-hybridized carbons (Fsp3) is 0.308. The van der Waals surface area contributed by atoms with Gasteiger partial charge >= 0.3 is 0 Å². The van der Waals surface area contributed by atoms with Gasteiger partial charge in [0, 0.05) is 26.2 Å². The van der Waals surface area contributed by atoms with E-state index < -0.39 is 6.04 Å². The predicted molar refractivity (Wildman–Crippen MR) is 124 cm³/mol. The van der Waals surface area contributed by atoms with Crippen molar-refractivity contribution in [2.24, 2.45) is 0 Å². The Morgan fingerprint density at radius 1 is 1.06 bits per heavy atom. The van der Waals surface area contributed by atoms with Crippen LogP contribution in [0, 0.1) is 5.82 Å². The van der Waals surface area contributed by atoms with Crippen molar-refractivity contribution in [3.05, 3.63) is 96.3 Å². The molecule has 1 aliphatic heterocycles. The van der Waals surface area contributed by atoms with Crippen molar-refractivity contribution < 1.29 is 14.0 Å². The fourth-order valence-electron chi connectivity index (χ4n) is 3.96. The van der Waals surface area contributed by atoms with Crippen molar-refractivity contribution in [1.29, 1.82) is 0 Å². The summed E-state index contributed by atoms with van der Waals surface area (Å²) in [7, 11) is 0. The normalized spacial score (nSPS) is 15.5. The largest absolute Gasteiger partial charge is 0.354 e. The van der Waals surface area contributed by atoms with Crippen LogP contribution in [-0.2, 0) is 29.0 Å². The van der Waals surface area contributed by atoms with Crippen LogP contribution in [-0.4, -0.2) is 53.8 Å². The molecule has 3 rings (SSSR count). The fourth-order valence-corrected chi connectivity index (χ4v) is 3.96. The molecule has 5 nitrogen and oxygen atoms in total. The van der Waals surface area contributed by atoms with Gasteiger partial charge in [-0.15, -0.1) is 13.2 Å². The van der Waals surface area contributed by atoms with Gasteiger partial charge in [0.2, 0.25) is 11.8 Å². The molecule has 168 valence electrons.